The number of carbonyl (C=O) groups excluding carboxylic acids is 1. The number of anilines is 2. The third-order valence-corrected chi connectivity index (χ3v) is 5.74. The normalized spacial score (nSPS) is 10.5. The SMILES string of the molecule is CCOc1cc(CNc2ccc([N+](=O)[O-])cc2)cc(Br)c1OCC(=O)Nc1ccc(C)c(Cl)c1. The van der Waals surface area contributed by atoms with Gasteiger partial charge in [-0.05, 0) is 77.3 Å². The van der Waals surface area contributed by atoms with Crippen molar-refractivity contribution >= 4 is 50.5 Å². The first-order valence-electron chi connectivity index (χ1n) is 10.4. The number of nitro benzene ring substituents is 1. The Bertz CT molecular complexity index is 1190. The Morgan fingerprint density at radius 2 is 1.79 bits per heavy atom. The molecule has 0 aliphatic carbocycles. The van der Waals surface area contributed by atoms with Gasteiger partial charge in [-0.25, -0.2) is 0 Å². The quantitative estimate of drug-likeness (QED) is 0.226. The van der Waals surface area contributed by atoms with Crippen LogP contribution in [0.1, 0.15) is 18.1 Å². The summed E-state index contributed by atoms with van der Waals surface area (Å²) < 4.78 is 12.1. The van der Waals surface area contributed by atoms with Crippen LogP contribution in [0.5, 0.6) is 11.5 Å². The molecule has 0 saturated carbocycles. The summed E-state index contributed by atoms with van der Waals surface area (Å²) in [5.74, 6) is 0.569. The number of hydrogen-bond donors (Lipinski definition) is 2. The van der Waals surface area contributed by atoms with Gasteiger partial charge in [0.1, 0.15) is 0 Å². The molecule has 3 aromatic rings. The van der Waals surface area contributed by atoms with E-state index in [2.05, 4.69) is 26.6 Å². The second-order valence-corrected chi connectivity index (χ2v) is 8.56. The molecule has 0 saturated heterocycles. The number of nitro groups is 1. The van der Waals surface area contributed by atoms with Crippen molar-refractivity contribution in [3.8, 4) is 11.5 Å². The summed E-state index contributed by atoms with van der Waals surface area (Å²) in [6.07, 6.45) is 0. The van der Waals surface area contributed by atoms with E-state index in [1.807, 2.05) is 32.0 Å². The molecule has 0 bridgehead atoms. The number of halogens is 2. The molecular formula is C24H23BrClN3O5. The van der Waals surface area contributed by atoms with E-state index in [4.69, 9.17) is 21.1 Å². The van der Waals surface area contributed by atoms with E-state index >= 15 is 0 Å². The van der Waals surface area contributed by atoms with Crippen molar-refractivity contribution in [1.82, 2.24) is 0 Å². The molecule has 0 unspecified atom stereocenters. The van der Waals surface area contributed by atoms with E-state index in [1.54, 1.807) is 24.3 Å². The fourth-order valence-electron chi connectivity index (χ4n) is 3.04. The summed E-state index contributed by atoms with van der Waals surface area (Å²) >= 11 is 9.61. The third kappa shape index (κ3) is 6.85. The first-order valence-corrected chi connectivity index (χ1v) is 11.6. The summed E-state index contributed by atoms with van der Waals surface area (Å²) in [6.45, 7) is 4.38. The maximum absolute atomic E-state index is 12.4. The zero-order chi connectivity index (χ0) is 24.7. The van der Waals surface area contributed by atoms with Crippen LogP contribution in [-0.2, 0) is 11.3 Å². The largest absolute Gasteiger partial charge is 0.490 e. The Morgan fingerprint density at radius 1 is 1.09 bits per heavy atom. The van der Waals surface area contributed by atoms with Gasteiger partial charge in [0.2, 0.25) is 0 Å². The molecule has 178 valence electrons. The molecule has 0 aliphatic heterocycles. The molecule has 0 aromatic heterocycles. The number of amides is 1. The highest BCUT2D eigenvalue weighted by Crippen LogP contribution is 2.37. The fraction of sp³-hybridized carbons (Fsp3) is 0.208. The molecule has 3 rings (SSSR count). The molecule has 0 fully saturated rings. The predicted molar refractivity (Wildman–Crippen MR) is 136 cm³/mol. The van der Waals surface area contributed by atoms with Crippen molar-refractivity contribution < 1.29 is 19.2 Å². The summed E-state index contributed by atoms with van der Waals surface area (Å²) in [4.78, 5) is 22.7. The van der Waals surface area contributed by atoms with Crippen molar-refractivity contribution in [3.05, 3.63) is 85.3 Å². The van der Waals surface area contributed by atoms with E-state index in [0.29, 0.717) is 39.8 Å². The van der Waals surface area contributed by atoms with Gasteiger partial charge in [0, 0.05) is 35.1 Å². The Hall–Kier alpha value is -3.30. The molecule has 0 heterocycles. The van der Waals surface area contributed by atoms with Gasteiger partial charge in [-0.2, -0.15) is 0 Å². The molecule has 10 heteroatoms. The number of rotatable bonds is 10. The van der Waals surface area contributed by atoms with Gasteiger partial charge in [-0.3, -0.25) is 14.9 Å². The molecule has 0 atom stereocenters. The van der Waals surface area contributed by atoms with Crippen molar-refractivity contribution in [2.24, 2.45) is 0 Å². The number of hydrogen-bond acceptors (Lipinski definition) is 6. The van der Waals surface area contributed by atoms with Gasteiger partial charge < -0.3 is 20.1 Å². The number of non-ortho nitro benzene ring substituents is 1. The first kappa shape index (κ1) is 25.3. The van der Waals surface area contributed by atoms with E-state index in [1.165, 1.54) is 12.1 Å². The lowest BCUT2D eigenvalue weighted by Gasteiger charge is -2.16. The average molecular weight is 549 g/mol. The van der Waals surface area contributed by atoms with E-state index in [0.717, 1.165) is 16.8 Å². The zero-order valence-electron chi connectivity index (χ0n) is 18.6. The molecule has 1 amide bonds. The van der Waals surface area contributed by atoms with Crippen LogP contribution in [0, 0.1) is 17.0 Å². The second kappa shape index (κ2) is 11.7. The van der Waals surface area contributed by atoms with Crippen LogP contribution < -0.4 is 20.1 Å². The lowest BCUT2D eigenvalue weighted by molar-refractivity contribution is -0.384. The maximum atomic E-state index is 12.4. The zero-order valence-corrected chi connectivity index (χ0v) is 20.9. The average Bonchev–Trinajstić information content (AvgIpc) is 2.80. The Kier molecular flexibility index (Phi) is 8.72. The minimum absolute atomic E-state index is 0.0305. The number of benzene rings is 3. The van der Waals surface area contributed by atoms with Crippen molar-refractivity contribution in [2.75, 3.05) is 23.8 Å². The highest BCUT2D eigenvalue weighted by atomic mass is 79.9. The number of carbonyl (C=O) groups is 1. The van der Waals surface area contributed by atoms with Crippen molar-refractivity contribution in [2.45, 2.75) is 20.4 Å². The fourth-order valence-corrected chi connectivity index (χ4v) is 3.82. The second-order valence-electron chi connectivity index (χ2n) is 7.30. The molecule has 3 aromatic carbocycles. The van der Waals surface area contributed by atoms with Crippen LogP contribution in [0.3, 0.4) is 0 Å². The van der Waals surface area contributed by atoms with E-state index < -0.39 is 4.92 Å². The van der Waals surface area contributed by atoms with Gasteiger partial charge in [0.05, 0.1) is 16.0 Å². The van der Waals surface area contributed by atoms with Gasteiger partial charge in [-0.1, -0.05) is 17.7 Å². The Labute approximate surface area is 210 Å². The van der Waals surface area contributed by atoms with Crippen LogP contribution in [0.2, 0.25) is 5.02 Å². The minimum atomic E-state index is -0.440. The molecule has 0 radical (unpaired) electrons. The molecule has 8 nitrogen and oxygen atoms in total. The molecule has 2 N–H and O–H groups in total. The van der Waals surface area contributed by atoms with Crippen molar-refractivity contribution in [1.29, 1.82) is 0 Å². The lowest BCUT2D eigenvalue weighted by atomic mass is 10.2. The van der Waals surface area contributed by atoms with Gasteiger partial charge in [-0.15, -0.1) is 0 Å². The molecule has 0 aliphatic rings. The van der Waals surface area contributed by atoms with Crippen molar-refractivity contribution in [3.63, 3.8) is 0 Å². The van der Waals surface area contributed by atoms with Gasteiger partial charge in [0.25, 0.3) is 11.6 Å². The lowest BCUT2D eigenvalue weighted by Crippen LogP contribution is -2.20. The number of nitrogens with zero attached hydrogens (tertiary/aromatic N) is 1. The van der Waals surface area contributed by atoms with E-state index in [-0.39, 0.29) is 18.2 Å². The topological polar surface area (TPSA) is 103 Å². The van der Waals surface area contributed by atoms with Crippen LogP contribution in [0.25, 0.3) is 0 Å². The number of ether oxygens (including phenoxy) is 2. The highest BCUT2D eigenvalue weighted by molar-refractivity contribution is 9.10. The number of aryl methyl sites for hydroxylation is 1. The van der Waals surface area contributed by atoms with Crippen LogP contribution >= 0.6 is 27.5 Å². The summed E-state index contributed by atoms with van der Waals surface area (Å²) in [5, 5.41) is 17.3. The monoisotopic (exact) mass is 547 g/mol. The van der Waals surface area contributed by atoms with Gasteiger partial charge >= 0.3 is 0 Å². The summed E-state index contributed by atoms with van der Waals surface area (Å²) in [6, 6.07) is 15.1. The predicted octanol–water partition coefficient (Wildman–Crippen LogP) is 6.35. The van der Waals surface area contributed by atoms with E-state index in [9.17, 15) is 14.9 Å². The van der Waals surface area contributed by atoms with Crippen LogP contribution in [0.4, 0.5) is 17.1 Å². The molecule has 34 heavy (non-hydrogen) atoms. The standard InChI is InChI=1S/C24H23BrClN3O5/c1-3-33-22-11-16(13-27-17-6-8-19(9-7-17)29(31)32)10-20(25)24(22)34-14-23(30)28-18-5-4-15(2)21(26)12-18/h4-12,27H,3,13-14H2,1-2H3,(H,28,30). The summed E-state index contributed by atoms with van der Waals surface area (Å²) in [7, 11) is 0. The minimum Gasteiger partial charge on any atom is -0.490 e. The number of nitrogens with one attached hydrogen (secondary N) is 2. The first-order chi connectivity index (χ1) is 16.3. The Morgan fingerprint density at radius 3 is 2.44 bits per heavy atom. The summed E-state index contributed by atoms with van der Waals surface area (Å²) in [5.41, 5.74) is 3.17. The molecule has 0 spiro atoms. The van der Waals surface area contributed by atoms with Crippen LogP contribution in [0.15, 0.2) is 59.1 Å². The van der Waals surface area contributed by atoms with Gasteiger partial charge in [0.15, 0.2) is 18.1 Å². The molecular weight excluding hydrogens is 526 g/mol. The maximum Gasteiger partial charge on any atom is 0.269 e. The van der Waals surface area contributed by atoms with Crippen LogP contribution in [-0.4, -0.2) is 24.0 Å². The third-order valence-electron chi connectivity index (χ3n) is 4.75. The highest BCUT2D eigenvalue weighted by Gasteiger charge is 2.15. The smallest absolute Gasteiger partial charge is 0.269 e. The Balaban J connectivity index is 1.65.